The summed E-state index contributed by atoms with van der Waals surface area (Å²) in [7, 11) is 0. The van der Waals surface area contributed by atoms with Crippen LogP contribution in [-0.4, -0.2) is 28.9 Å². The summed E-state index contributed by atoms with van der Waals surface area (Å²) in [4.78, 5) is 10.8. The van der Waals surface area contributed by atoms with Gasteiger partial charge >= 0.3 is 5.97 Å². The minimum Gasteiger partial charge on any atom is -0.477 e. The van der Waals surface area contributed by atoms with Gasteiger partial charge < -0.3 is 14.4 Å². The average Bonchev–Trinajstić information content (AvgIpc) is 2.71. The van der Waals surface area contributed by atoms with Crippen molar-refractivity contribution in [2.45, 2.75) is 32.7 Å². The predicted molar refractivity (Wildman–Crippen MR) is 61.7 cm³/mol. The minimum absolute atomic E-state index is 0.341. The molecule has 4 nitrogen and oxygen atoms in total. The molecule has 0 aliphatic rings. The number of aromatic nitrogens is 1. The molecule has 0 aliphatic heterocycles. The van der Waals surface area contributed by atoms with Crippen molar-refractivity contribution < 1.29 is 14.6 Å². The summed E-state index contributed by atoms with van der Waals surface area (Å²) in [5.74, 6) is -0.878. The molecule has 1 aromatic rings. The fraction of sp³-hybridized carbons (Fsp3) is 0.583. The van der Waals surface area contributed by atoms with Gasteiger partial charge in [-0.1, -0.05) is 13.3 Å². The van der Waals surface area contributed by atoms with Crippen molar-refractivity contribution in [3.8, 4) is 0 Å². The molecule has 90 valence electrons. The van der Waals surface area contributed by atoms with Crippen LogP contribution in [0.4, 0.5) is 0 Å². The summed E-state index contributed by atoms with van der Waals surface area (Å²) in [5.41, 5.74) is 0.341. The maximum Gasteiger partial charge on any atom is 0.352 e. The van der Waals surface area contributed by atoms with Crippen LogP contribution in [0.2, 0.25) is 0 Å². The van der Waals surface area contributed by atoms with Crippen molar-refractivity contribution >= 4 is 5.97 Å². The second kappa shape index (κ2) is 7.06. The molecule has 0 atom stereocenters. The average molecular weight is 225 g/mol. The minimum atomic E-state index is -0.878. The summed E-state index contributed by atoms with van der Waals surface area (Å²) >= 11 is 0. The SMILES string of the molecule is CCCCOCCCn1cccc1C(=O)O. The molecule has 0 radical (unpaired) electrons. The van der Waals surface area contributed by atoms with E-state index in [1.165, 1.54) is 0 Å². The second-order valence-electron chi connectivity index (χ2n) is 3.71. The quantitative estimate of drug-likeness (QED) is 0.691. The summed E-state index contributed by atoms with van der Waals surface area (Å²) in [6.07, 6.45) is 4.86. The Balaban J connectivity index is 2.21. The second-order valence-corrected chi connectivity index (χ2v) is 3.71. The Bertz CT molecular complexity index is 320. The first kappa shape index (κ1) is 12.8. The molecule has 0 fully saturated rings. The van der Waals surface area contributed by atoms with Gasteiger partial charge in [-0.05, 0) is 25.0 Å². The van der Waals surface area contributed by atoms with E-state index >= 15 is 0 Å². The lowest BCUT2D eigenvalue weighted by atomic mass is 10.3. The highest BCUT2D eigenvalue weighted by Gasteiger charge is 2.07. The molecule has 0 aromatic carbocycles. The molecule has 1 aromatic heterocycles. The van der Waals surface area contributed by atoms with Gasteiger partial charge in [-0.3, -0.25) is 0 Å². The number of carboxylic acid groups (broad SMARTS) is 1. The first-order chi connectivity index (χ1) is 7.75. The highest BCUT2D eigenvalue weighted by atomic mass is 16.5. The zero-order valence-corrected chi connectivity index (χ0v) is 9.69. The molecule has 1 rings (SSSR count). The van der Waals surface area contributed by atoms with Crippen LogP contribution in [0, 0.1) is 0 Å². The van der Waals surface area contributed by atoms with Crippen LogP contribution in [0.25, 0.3) is 0 Å². The van der Waals surface area contributed by atoms with E-state index in [9.17, 15) is 4.79 Å². The zero-order valence-electron chi connectivity index (χ0n) is 9.69. The van der Waals surface area contributed by atoms with E-state index in [0.717, 1.165) is 25.9 Å². The highest BCUT2D eigenvalue weighted by molar-refractivity contribution is 5.85. The Kier molecular flexibility index (Phi) is 5.64. The first-order valence-electron chi connectivity index (χ1n) is 5.72. The zero-order chi connectivity index (χ0) is 11.8. The van der Waals surface area contributed by atoms with Gasteiger partial charge in [-0.15, -0.1) is 0 Å². The summed E-state index contributed by atoms with van der Waals surface area (Å²) < 4.78 is 7.15. The number of ether oxygens (including phenoxy) is 1. The van der Waals surface area contributed by atoms with Gasteiger partial charge in [0.1, 0.15) is 5.69 Å². The number of aryl methyl sites for hydroxylation is 1. The number of hydrogen-bond acceptors (Lipinski definition) is 2. The largest absolute Gasteiger partial charge is 0.477 e. The van der Waals surface area contributed by atoms with Crippen molar-refractivity contribution in [1.82, 2.24) is 4.57 Å². The van der Waals surface area contributed by atoms with Crippen molar-refractivity contribution in [2.24, 2.45) is 0 Å². The van der Waals surface area contributed by atoms with Crippen molar-refractivity contribution in [1.29, 1.82) is 0 Å². The van der Waals surface area contributed by atoms with Gasteiger partial charge in [0.2, 0.25) is 0 Å². The lowest BCUT2D eigenvalue weighted by Crippen LogP contribution is -2.09. The number of unbranched alkanes of at least 4 members (excludes halogenated alkanes) is 1. The van der Waals surface area contributed by atoms with Gasteiger partial charge in [-0.25, -0.2) is 4.79 Å². The van der Waals surface area contributed by atoms with Crippen LogP contribution < -0.4 is 0 Å². The molecular weight excluding hydrogens is 206 g/mol. The fourth-order valence-corrected chi connectivity index (χ4v) is 1.49. The van der Waals surface area contributed by atoms with E-state index in [-0.39, 0.29) is 0 Å². The van der Waals surface area contributed by atoms with E-state index in [1.807, 2.05) is 0 Å². The fourth-order valence-electron chi connectivity index (χ4n) is 1.49. The van der Waals surface area contributed by atoms with Crippen LogP contribution in [0.5, 0.6) is 0 Å². The molecular formula is C12H19NO3. The van der Waals surface area contributed by atoms with E-state index in [1.54, 1.807) is 22.9 Å². The maximum atomic E-state index is 10.8. The van der Waals surface area contributed by atoms with Gasteiger partial charge in [0.15, 0.2) is 0 Å². The van der Waals surface area contributed by atoms with Crippen LogP contribution in [-0.2, 0) is 11.3 Å². The summed E-state index contributed by atoms with van der Waals surface area (Å²) in [6, 6.07) is 3.36. The van der Waals surface area contributed by atoms with Crippen LogP contribution in [0.15, 0.2) is 18.3 Å². The Morgan fingerprint density at radius 3 is 2.88 bits per heavy atom. The Hall–Kier alpha value is -1.29. The number of hydrogen-bond donors (Lipinski definition) is 1. The molecule has 0 unspecified atom stereocenters. The lowest BCUT2D eigenvalue weighted by molar-refractivity contribution is 0.0683. The first-order valence-corrected chi connectivity index (χ1v) is 5.72. The third-order valence-corrected chi connectivity index (χ3v) is 2.38. The van der Waals surface area contributed by atoms with Crippen LogP contribution in [0.1, 0.15) is 36.7 Å². The van der Waals surface area contributed by atoms with Crippen molar-refractivity contribution in [3.05, 3.63) is 24.0 Å². The Morgan fingerprint density at radius 1 is 1.44 bits per heavy atom. The Morgan fingerprint density at radius 2 is 2.19 bits per heavy atom. The molecule has 1 heterocycles. The molecule has 0 aliphatic carbocycles. The molecule has 0 spiro atoms. The van der Waals surface area contributed by atoms with Crippen molar-refractivity contribution in [2.75, 3.05) is 13.2 Å². The molecule has 16 heavy (non-hydrogen) atoms. The number of carbonyl (C=O) groups is 1. The summed E-state index contributed by atoms with van der Waals surface area (Å²) in [5, 5.41) is 8.88. The normalized spacial score (nSPS) is 10.6. The van der Waals surface area contributed by atoms with Gasteiger partial charge in [0.05, 0.1) is 0 Å². The van der Waals surface area contributed by atoms with E-state index in [0.29, 0.717) is 18.8 Å². The monoisotopic (exact) mass is 225 g/mol. The third-order valence-electron chi connectivity index (χ3n) is 2.38. The Labute approximate surface area is 95.8 Å². The number of nitrogens with zero attached hydrogens (tertiary/aromatic N) is 1. The van der Waals surface area contributed by atoms with Gasteiger partial charge in [0, 0.05) is 26.0 Å². The molecule has 0 saturated heterocycles. The summed E-state index contributed by atoms with van der Waals surface area (Å²) in [6.45, 7) is 4.31. The maximum absolute atomic E-state index is 10.8. The van der Waals surface area contributed by atoms with E-state index in [2.05, 4.69) is 6.92 Å². The van der Waals surface area contributed by atoms with Crippen molar-refractivity contribution in [3.63, 3.8) is 0 Å². The molecule has 1 N–H and O–H groups in total. The van der Waals surface area contributed by atoms with Gasteiger partial charge in [0.25, 0.3) is 0 Å². The van der Waals surface area contributed by atoms with E-state index < -0.39 is 5.97 Å². The third kappa shape index (κ3) is 4.06. The van der Waals surface area contributed by atoms with Gasteiger partial charge in [-0.2, -0.15) is 0 Å². The highest BCUT2D eigenvalue weighted by Crippen LogP contribution is 2.03. The predicted octanol–water partition coefficient (Wildman–Crippen LogP) is 2.39. The van der Waals surface area contributed by atoms with Crippen LogP contribution in [0.3, 0.4) is 0 Å². The smallest absolute Gasteiger partial charge is 0.352 e. The van der Waals surface area contributed by atoms with E-state index in [4.69, 9.17) is 9.84 Å². The molecule has 0 saturated carbocycles. The molecule has 4 heteroatoms. The standard InChI is InChI=1S/C12H19NO3/c1-2-3-9-16-10-5-8-13-7-4-6-11(13)12(14)15/h4,6-7H,2-3,5,8-10H2,1H3,(H,14,15). The number of rotatable bonds is 8. The number of carboxylic acids is 1. The number of aromatic carboxylic acids is 1. The van der Waals surface area contributed by atoms with Crippen LogP contribution >= 0.6 is 0 Å². The topological polar surface area (TPSA) is 51.5 Å². The lowest BCUT2D eigenvalue weighted by Gasteiger charge is -2.06. The molecule has 0 amide bonds. The molecule has 0 bridgehead atoms.